The first-order valence-corrected chi connectivity index (χ1v) is 18.2. The van der Waals surface area contributed by atoms with Gasteiger partial charge in [-0.15, -0.1) is 0 Å². The first-order valence-electron chi connectivity index (χ1n) is 15.0. The van der Waals surface area contributed by atoms with Crippen LogP contribution in [0.15, 0.2) is 36.4 Å². The zero-order valence-electron chi connectivity index (χ0n) is 24.3. The Morgan fingerprint density at radius 3 is 2.19 bits per heavy atom. The Morgan fingerprint density at radius 1 is 0.973 bits per heavy atom. The van der Waals surface area contributed by atoms with Gasteiger partial charge in [-0.05, 0) is 92.1 Å². The molecule has 0 amide bonds. The molecule has 0 N–H and O–H groups in total. The standard InChI is InChI=1S/C33H47BO2Si/c1-22(2)35-34-30-11-9-8-10-27(30)28-17-26(37(6,7)13-12-32(3,4)5)18-29(31(28)36-34)33-19-23-14-24(20-33)16-25(15-23)21-33/h8-11,17-18,22-25H,12-16,19-21H2,1-7H3. The fourth-order valence-electron chi connectivity index (χ4n) is 8.48. The molecule has 0 aromatic heterocycles. The van der Waals surface area contributed by atoms with Gasteiger partial charge in [-0.3, -0.25) is 0 Å². The molecule has 4 heteroatoms. The van der Waals surface area contributed by atoms with Crippen molar-refractivity contribution in [2.75, 3.05) is 0 Å². The topological polar surface area (TPSA) is 18.5 Å². The van der Waals surface area contributed by atoms with Crippen LogP contribution < -0.4 is 15.3 Å². The number of hydrogen-bond donors (Lipinski definition) is 0. The van der Waals surface area contributed by atoms with E-state index in [1.54, 1.807) is 10.8 Å². The minimum atomic E-state index is -1.65. The second kappa shape index (κ2) is 9.02. The molecule has 1 heterocycles. The van der Waals surface area contributed by atoms with Crippen LogP contribution in [0, 0.1) is 23.2 Å². The highest BCUT2D eigenvalue weighted by Gasteiger charge is 2.53. The van der Waals surface area contributed by atoms with Crippen molar-refractivity contribution in [2.24, 2.45) is 23.2 Å². The second-order valence-electron chi connectivity index (χ2n) is 15.3. The van der Waals surface area contributed by atoms with Crippen molar-refractivity contribution in [1.29, 1.82) is 0 Å². The summed E-state index contributed by atoms with van der Waals surface area (Å²) >= 11 is 0. The van der Waals surface area contributed by atoms with E-state index in [-0.39, 0.29) is 18.6 Å². The van der Waals surface area contributed by atoms with Crippen LogP contribution in [0.2, 0.25) is 19.1 Å². The van der Waals surface area contributed by atoms with Gasteiger partial charge >= 0.3 is 7.12 Å². The molecule has 0 saturated heterocycles. The van der Waals surface area contributed by atoms with E-state index < -0.39 is 8.07 Å². The molecule has 0 atom stereocenters. The lowest BCUT2D eigenvalue weighted by atomic mass is 9.47. The van der Waals surface area contributed by atoms with E-state index in [1.165, 1.54) is 67.6 Å². The number of benzene rings is 2. The Kier molecular flexibility index (Phi) is 6.27. The summed E-state index contributed by atoms with van der Waals surface area (Å²) in [7, 11) is -1.97. The van der Waals surface area contributed by atoms with Gasteiger partial charge in [0.05, 0.1) is 8.07 Å². The van der Waals surface area contributed by atoms with Crippen LogP contribution in [0.1, 0.15) is 85.1 Å². The molecule has 4 bridgehead atoms. The minimum absolute atomic E-state index is 0.116. The van der Waals surface area contributed by atoms with Crippen LogP contribution >= 0.6 is 0 Å². The highest BCUT2D eigenvalue weighted by Crippen LogP contribution is 2.62. The van der Waals surface area contributed by atoms with Gasteiger partial charge < -0.3 is 9.31 Å². The minimum Gasteiger partial charge on any atom is -0.532 e. The molecule has 2 aromatic rings. The molecular weight excluding hydrogens is 467 g/mol. The van der Waals surface area contributed by atoms with Gasteiger partial charge in [0.15, 0.2) is 0 Å². The summed E-state index contributed by atoms with van der Waals surface area (Å²) in [6.45, 7) is 16.6. The predicted octanol–water partition coefficient (Wildman–Crippen LogP) is 7.69. The van der Waals surface area contributed by atoms with Crippen molar-refractivity contribution in [2.45, 2.75) is 110 Å². The quantitative estimate of drug-likeness (QED) is 0.368. The average Bonchev–Trinajstić information content (AvgIpc) is 2.81. The fourth-order valence-corrected chi connectivity index (χ4v) is 11.2. The molecule has 7 rings (SSSR count). The third-order valence-corrected chi connectivity index (χ3v) is 13.5. The average molecular weight is 515 g/mol. The van der Waals surface area contributed by atoms with Gasteiger partial charge in [0.25, 0.3) is 0 Å². The summed E-state index contributed by atoms with van der Waals surface area (Å²) in [6, 6.07) is 15.4. The zero-order valence-corrected chi connectivity index (χ0v) is 25.3. The van der Waals surface area contributed by atoms with E-state index in [0.717, 1.165) is 23.5 Å². The van der Waals surface area contributed by atoms with Gasteiger partial charge in [-0.25, -0.2) is 0 Å². The molecular formula is C33H47BO2Si. The number of hydrogen-bond acceptors (Lipinski definition) is 2. The lowest BCUT2D eigenvalue weighted by molar-refractivity contribution is -0.00587. The molecule has 0 spiro atoms. The van der Waals surface area contributed by atoms with Gasteiger partial charge in [0.1, 0.15) is 5.75 Å². The van der Waals surface area contributed by atoms with Gasteiger partial charge in [0.2, 0.25) is 0 Å². The Labute approximate surface area is 227 Å². The maximum absolute atomic E-state index is 6.96. The summed E-state index contributed by atoms with van der Waals surface area (Å²) in [5.41, 5.74) is 6.05. The van der Waals surface area contributed by atoms with E-state index in [2.05, 4.69) is 84.1 Å². The molecule has 5 aliphatic rings. The Morgan fingerprint density at radius 2 is 1.59 bits per heavy atom. The summed E-state index contributed by atoms with van der Waals surface area (Å²) in [5, 5.41) is 1.63. The second-order valence-corrected chi connectivity index (χ2v) is 20.1. The monoisotopic (exact) mass is 514 g/mol. The van der Waals surface area contributed by atoms with E-state index in [1.807, 2.05) is 0 Å². The van der Waals surface area contributed by atoms with E-state index in [0.29, 0.717) is 5.41 Å². The summed E-state index contributed by atoms with van der Waals surface area (Å²) < 4.78 is 13.4. The maximum Gasteiger partial charge on any atom is 0.563 e. The SMILES string of the molecule is CC(C)OB1Oc2c(cc([Si](C)(C)CCC(C)(C)C)cc2C23CC4CC(CC(C4)C2)C3)-c2ccccc21. The van der Waals surface area contributed by atoms with E-state index in [9.17, 15) is 0 Å². The molecule has 4 fully saturated rings. The molecule has 4 saturated carbocycles. The Bertz CT molecular complexity index is 1140. The lowest BCUT2D eigenvalue weighted by Gasteiger charge is -2.57. The highest BCUT2D eigenvalue weighted by atomic mass is 28.3. The molecule has 2 nitrogen and oxygen atoms in total. The zero-order chi connectivity index (χ0) is 26.2. The maximum atomic E-state index is 6.96. The molecule has 4 aliphatic carbocycles. The van der Waals surface area contributed by atoms with Crippen molar-refractivity contribution in [3.05, 3.63) is 42.0 Å². The molecule has 1 aliphatic heterocycles. The Balaban J connectivity index is 1.52. The van der Waals surface area contributed by atoms with Crippen LogP contribution in [0.5, 0.6) is 5.75 Å². The van der Waals surface area contributed by atoms with Crippen LogP contribution in [0.3, 0.4) is 0 Å². The first-order chi connectivity index (χ1) is 17.4. The molecule has 2 aromatic carbocycles. The van der Waals surface area contributed by atoms with Crippen molar-refractivity contribution in [3.63, 3.8) is 0 Å². The third kappa shape index (κ3) is 4.75. The van der Waals surface area contributed by atoms with Crippen LogP contribution in [0.4, 0.5) is 0 Å². The van der Waals surface area contributed by atoms with Crippen molar-refractivity contribution >= 4 is 25.8 Å². The first kappa shape index (κ1) is 25.7. The largest absolute Gasteiger partial charge is 0.563 e. The van der Waals surface area contributed by atoms with Crippen LogP contribution in [0.25, 0.3) is 11.1 Å². The van der Waals surface area contributed by atoms with Crippen LogP contribution in [-0.2, 0) is 10.1 Å². The van der Waals surface area contributed by atoms with Gasteiger partial charge in [-0.2, -0.15) is 0 Å². The predicted molar refractivity (Wildman–Crippen MR) is 160 cm³/mol. The van der Waals surface area contributed by atoms with Crippen molar-refractivity contribution in [1.82, 2.24) is 0 Å². The molecule has 0 unspecified atom stereocenters. The smallest absolute Gasteiger partial charge is 0.532 e. The Hall–Kier alpha value is -1.52. The lowest BCUT2D eigenvalue weighted by Crippen LogP contribution is -2.51. The normalized spacial score (nSPS) is 28.3. The van der Waals surface area contributed by atoms with Gasteiger partial charge in [-0.1, -0.05) is 87.9 Å². The number of rotatable bonds is 6. The fraction of sp³-hybridized carbons (Fsp3) is 0.636. The molecule has 0 radical (unpaired) electrons. The van der Waals surface area contributed by atoms with Crippen molar-refractivity contribution in [3.8, 4) is 16.9 Å². The number of fused-ring (bicyclic) bond motifs is 3. The summed E-state index contributed by atoms with van der Waals surface area (Å²) in [4.78, 5) is 0. The highest BCUT2D eigenvalue weighted by molar-refractivity contribution is 6.89. The van der Waals surface area contributed by atoms with Crippen molar-refractivity contribution < 1.29 is 9.31 Å². The van der Waals surface area contributed by atoms with Gasteiger partial charge in [0, 0.05) is 17.1 Å². The third-order valence-electron chi connectivity index (χ3n) is 10.1. The molecule has 37 heavy (non-hydrogen) atoms. The summed E-state index contributed by atoms with van der Waals surface area (Å²) in [6.07, 6.45) is 9.89. The molecule has 198 valence electrons. The van der Waals surface area contributed by atoms with E-state index >= 15 is 0 Å². The summed E-state index contributed by atoms with van der Waals surface area (Å²) in [5.74, 6) is 3.89. The van der Waals surface area contributed by atoms with E-state index in [4.69, 9.17) is 9.31 Å². The van der Waals surface area contributed by atoms with Crippen LogP contribution in [-0.4, -0.2) is 21.3 Å².